The van der Waals surface area contributed by atoms with E-state index in [1.165, 1.54) is 14.2 Å². The van der Waals surface area contributed by atoms with Crippen molar-refractivity contribution in [3.8, 4) is 11.5 Å². The Morgan fingerprint density at radius 1 is 1.27 bits per heavy atom. The number of rotatable bonds is 5. The lowest BCUT2D eigenvalue weighted by Gasteiger charge is -2.15. The molecular formula is C14H18ClNO5S. The van der Waals surface area contributed by atoms with Crippen LogP contribution in [0, 0.1) is 0 Å². The number of nitrogens with one attached hydrogen (secondary N) is 1. The van der Waals surface area contributed by atoms with Crippen LogP contribution in [0.1, 0.15) is 5.56 Å². The zero-order valence-electron chi connectivity index (χ0n) is 12.3. The van der Waals surface area contributed by atoms with E-state index in [9.17, 15) is 13.2 Å². The Bertz CT molecular complexity index is 661. The highest BCUT2D eigenvalue weighted by atomic mass is 35.5. The molecule has 0 aliphatic carbocycles. The van der Waals surface area contributed by atoms with Crippen molar-refractivity contribution in [3.05, 3.63) is 23.8 Å². The summed E-state index contributed by atoms with van der Waals surface area (Å²) in [6.45, 7) is 0. The van der Waals surface area contributed by atoms with Crippen LogP contribution in [0.2, 0.25) is 0 Å². The zero-order valence-corrected chi connectivity index (χ0v) is 13.9. The van der Waals surface area contributed by atoms with Gasteiger partial charge in [-0.05, 0) is 17.7 Å². The number of sulfone groups is 1. The monoisotopic (exact) mass is 347 g/mol. The molecule has 0 spiro atoms. The van der Waals surface area contributed by atoms with Crippen molar-refractivity contribution in [1.29, 1.82) is 0 Å². The van der Waals surface area contributed by atoms with Crippen molar-refractivity contribution in [2.75, 3.05) is 25.7 Å². The van der Waals surface area contributed by atoms with Crippen LogP contribution in [0.4, 0.5) is 0 Å². The smallest absolute Gasteiger partial charge is 0.224 e. The Morgan fingerprint density at radius 3 is 2.50 bits per heavy atom. The van der Waals surface area contributed by atoms with Crippen molar-refractivity contribution in [3.63, 3.8) is 0 Å². The number of benzene rings is 1. The number of amides is 1. The molecule has 1 aliphatic heterocycles. The van der Waals surface area contributed by atoms with E-state index in [1.807, 2.05) is 0 Å². The van der Waals surface area contributed by atoms with E-state index in [4.69, 9.17) is 21.1 Å². The van der Waals surface area contributed by atoms with Gasteiger partial charge in [0.1, 0.15) is 0 Å². The molecule has 0 radical (unpaired) electrons. The molecule has 1 amide bonds. The zero-order chi connectivity index (χ0) is 16.3. The Labute approximate surface area is 134 Å². The van der Waals surface area contributed by atoms with E-state index in [0.717, 1.165) is 5.56 Å². The number of alkyl halides is 1. The van der Waals surface area contributed by atoms with Gasteiger partial charge in [0.2, 0.25) is 5.91 Å². The van der Waals surface area contributed by atoms with Crippen LogP contribution >= 0.6 is 11.6 Å². The first kappa shape index (κ1) is 16.9. The maximum absolute atomic E-state index is 12.0. The molecule has 6 nitrogen and oxygen atoms in total. The maximum Gasteiger partial charge on any atom is 0.224 e. The van der Waals surface area contributed by atoms with Crippen LogP contribution in [0.5, 0.6) is 11.5 Å². The van der Waals surface area contributed by atoms with Crippen molar-refractivity contribution < 1.29 is 22.7 Å². The molecule has 2 rings (SSSR count). The average molecular weight is 348 g/mol. The van der Waals surface area contributed by atoms with Crippen LogP contribution in [0.25, 0.3) is 0 Å². The number of hydrogen-bond donors (Lipinski definition) is 1. The quantitative estimate of drug-likeness (QED) is 0.795. The number of halogens is 1. The Kier molecular flexibility index (Phi) is 5.18. The molecule has 1 heterocycles. The molecule has 1 fully saturated rings. The molecule has 22 heavy (non-hydrogen) atoms. The highest BCUT2D eigenvalue weighted by Crippen LogP contribution is 2.27. The number of methoxy groups -OCH3 is 2. The molecule has 1 saturated heterocycles. The molecule has 8 heteroatoms. The lowest BCUT2D eigenvalue weighted by atomic mass is 10.1. The summed E-state index contributed by atoms with van der Waals surface area (Å²) in [4.78, 5) is 12.0. The second-order valence-corrected chi connectivity index (χ2v) is 7.85. The van der Waals surface area contributed by atoms with Gasteiger partial charge in [-0.2, -0.15) is 0 Å². The second-order valence-electron chi connectivity index (χ2n) is 5.13. The number of carbonyl (C=O) groups is 1. The normalized spacial score (nSPS) is 23.0. The van der Waals surface area contributed by atoms with Gasteiger partial charge in [0.15, 0.2) is 21.3 Å². The minimum absolute atomic E-state index is 0.101. The second kappa shape index (κ2) is 6.75. The summed E-state index contributed by atoms with van der Waals surface area (Å²) in [5.41, 5.74) is 0.738. The molecule has 1 aliphatic rings. The van der Waals surface area contributed by atoms with E-state index in [-0.39, 0.29) is 23.8 Å². The first-order chi connectivity index (χ1) is 10.3. The Morgan fingerprint density at radius 2 is 1.95 bits per heavy atom. The van der Waals surface area contributed by atoms with Crippen molar-refractivity contribution in [2.45, 2.75) is 17.8 Å². The summed E-state index contributed by atoms with van der Waals surface area (Å²) in [7, 11) is -0.116. The minimum atomic E-state index is -3.17. The lowest BCUT2D eigenvalue weighted by Crippen LogP contribution is -2.41. The fourth-order valence-corrected chi connectivity index (χ4v) is 4.92. The van der Waals surface area contributed by atoms with E-state index < -0.39 is 21.3 Å². The van der Waals surface area contributed by atoms with Crippen molar-refractivity contribution in [1.82, 2.24) is 5.32 Å². The van der Waals surface area contributed by atoms with Gasteiger partial charge in [-0.15, -0.1) is 11.6 Å². The van der Waals surface area contributed by atoms with Gasteiger partial charge >= 0.3 is 0 Å². The standard InChI is InChI=1S/C14H18ClNO5S/c1-20-12-4-3-9(5-13(12)21-2)6-14(17)16-11-8-22(18,19)7-10(11)15/h3-5,10-11H,6-8H2,1-2H3,(H,16,17)/t10-,11-/m0/s1. The molecule has 0 saturated carbocycles. The van der Waals surface area contributed by atoms with Crippen molar-refractivity contribution >= 4 is 27.3 Å². The largest absolute Gasteiger partial charge is 0.493 e. The molecule has 1 aromatic carbocycles. The van der Waals surface area contributed by atoms with Gasteiger partial charge in [0.05, 0.1) is 43.6 Å². The SMILES string of the molecule is COc1ccc(CC(=O)N[C@H]2CS(=O)(=O)C[C@@H]2Cl)cc1OC. The van der Waals surface area contributed by atoms with E-state index in [2.05, 4.69) is 5.32 Å². The highest BCUT2D eigenvalue weighted by Gasteiger charge is 2.37. The summed E-state index contributed by atoms with van der Waals surface area (Å²) < 4.78 is 33.3. The molecule has 0 aromatic heterocycles. The van der Waals surface area contributed by atoms with Gasteiger partial charge in [-0.1, -0.05) is 6.07 Å². The fraction of sp³-hybridized carbons (Fsp3) is 0.500. The molecule has 122 valence electrons. The van der Waals surface area contributed by atoms with E-state index >= 15 is 0 Å². The average Bonchev–Trinajstić information content (AvgIpc) is 2.70. The van der Waals surface area contributed by atoms with Crippen LogP contribution in [-0.4, -0.2) is 51.5 Å². The van der Waals surface area contributed by atoms with Gasteiger partial charge in [0, 0.05) is 0 Å². The highest BCUT2D eigenvalue weighted by molar-refractivity contribution is 7.91. The van der Waals surface area contributed by atoms with E-state index in [0.29, 0.717) is 11.5 Å². The lowest BCUT2D eigenvalue weighted by molar-refractivity contribution is -0.120. The molecular weight excluding hydrogens is 330 g/mol. The van der Waals surface area contributed by atoms with Gasteiger partial charge in [-0.3, -0.25) is 4.79 Å². The number of hydrogen-bond acceptors (Lipinski definition) is 5. The topological polar surface area (TPSA) is 81.7 Å². The van der Waals surface area contributed by atoms with Gasteiger partial charge < -0.3 is 14.8 Å². The van der Waals surface area contributed by atoms with Crippen LogP contribution in [0.15, 0.2) is 18.2 Å². The fourth-order valence-electron chi connectivity index (χ4n) is 2.37. The maximum atomic E-state index is 12.0. The van der Waals surface area contributed by atoms with Crippen LogP contribution in [-0.2, 0) is 21.1 Å². The molecule has 1 aromatic rings. The summed E-state index contributed by atoms with van der Waals surface area (Å²) in [5, 5.41) is 2.09. The Balaban J connectivity index is 2.01. The third-order valence-electron chi connectivity index (χ3n) is 3.44. The molecule has 1 N–H and O–H groups in total. The number of ether oxygens (including phenoxy) is 2. The van der Waals surface area contributed by atoms with Crippen LogP contribution in [0.3, 0.4) is 0 Å². The van der Waals surface area contributed by atoms with E-state index in [1.54, 1.807) is 18.2 Å². The van der Waals surface area contributed by atoms with Crippen LogP contribution < -0.4 is 14.8 Å². The minimum Gasteiger partial charge on any atom is -0.493 e. The predicted octanol–water partition coefficient (Wildman–Crippen LogP) is 0.767. The Hall–Kier alpha value is -1.47. The van der Waals surface area contributed by atoms with Gasteiger partial charge in [0.25, 0.3) is 0 Å². The third kappa shape index (κ3) is 4.04. The predicted molar refractivity (Wildman–Crippen MR) is 83.5 cm³/mol. The molecule has 2 atom stereocenters. The summed E-state index contributed by atoms with van der Waals surface area (Å²) in [5.74, 6) is 0.620. The third-order valence-corrected chi connectivity index (χ3v) is 5.82. The molecule has 0 unspecified atom stereocenters. The van der Waals surface area contributed by atoms with Crippen molar-refractivity contribution in [2.24, 2.45) is 0 Å². The summed E-state index contributed by atoms with van der Waals surface area (Å²) in [6, 6.07) is 4.64. The summed E-state index contributed by atoms with van der Waals surface area (Å²) in [6.07, 6.45) is 0.112. The first-order valence-electron chi connectivity index (χ1n) is 6.69. The summed E-state index contributed by atoms with van der Waals surface area (Å²) >= 11 is 5.97. The van der Waals surface area contributed by atoms with Gasteiger partial charge in [-0.25, -0.2) is 8.42 Å². The molecule has 0 bridgehead atoms. The number of carbonyl (C=O) groups excluding carboxylic acids is 1. The first-order valence-corrected chi connectivity index (χ1v) is 8.95.